The lowest BCUT2D eigenvalue weighted by molar-refractivity contribution is 0.169. The number of hydrogen-bond acceptors (Lipinski definition) is 3. The molecule has 0 fully saturated rings. The van der Waals surface area contributed by atoms with Crippen LogP contribution in [0.25, 0.3) is 0 Å². The molecule has 106 valence electrons. The van der Waals surface area contributed by atoms with Gasteiger partial charge in [-0.3, -0.25) is 4.90 Å². The number of nitrogens with one attached hydrogen (secondary N) is 1. The second-order valence-electron chi connectivity index (χ2n) is 5.05. The van der Waals surface area contributed by atoms with E-state index in [0.717, 1.165) is 6.54 Å². The molecular formula is C15H24N2O2. The van der Waals surface area contributed by atoms with E-state index in [2.05, 4.69) is 37.9 Å². The normalized spacial score (nSPS) is 11.1. The SMILES string of the molecule is CC(C)N(CCNC(=O)Oc1ccccc1)C(C)C. The van der Waals surface area contributed by atoms with Crippen LogP contribution in [0, 0.1) is 0 Å². The molecule has 0 aliphatic rings. The van der Waals surface area contributed by atoms with Gasteiger partial charge in [-0.2, -0.15) is 0 Å². The number of nitrogens with zero attached hydrogens (tertiary/aromatic N) is 1. The summed E-state index contributed by atoms with van der Waals surface area (Å²) in [6.45, 7) is 10.0. The van der Waals surface area contributed by atoms with Crippen molar-refractivity contribution in [2.75, 3.05) is 13.1 Å². The second-order valence-corrected chi connectivity index (χ2v) is 5.05. The maximum absolute atomic E-state index is 11.6. The number of carbonyl (C=O) groups excluding carboxylic acids is 1. The minimum absolute atomic E-state index is 0.404. The molecular weight excluding hydrogens is 240 g/mol. The number of rotatable bonds is 6. The van der Waals surface area contributed by atoms with Gasteiger partial charge in [0.15, 0.2) is 0 Å². The number of para-hydroxylation sites is 1. The van der Waals surface area contributed by atoms with E-state index in [4.69, 9.17) is 4.74 Å². The average molecular weight is 264 g/mol. The molecule has 0 saturated carbocycles. The molecule has 1 amide bonds. The van der Waals surface area contributed by atoms with Gasteiger partial charge >= 0.3 is 6.09 Å². The molecule has 0 aliphatic carbocycles. The average Bonchev–Trinajstić information content (AvgIpc) is 2.34. The number of benzene rings is 1. The second kappa shape index (κ2) is 7.79. The minimum Gasteiger partial charge on any atom is -0.410 e. The zero-order valence-corrected chi connectivity index (χ0v) is 12.2. The van der Waals surface area contributed by atoms with Crippen LogP contribution in [-0.2, 0) is 0 Å². The zero-order valence-electron chi connectivity index (χ0n) is 12.2. The Morgan fingerprint density at radius 1 is 1.16 bits per heavy atom. The summed E-state index contributed by atoms with van der Waals surface area (Å²) in [5, 5.41) is 2.77. The Bertz CT molecular complexity index is 369. The summed E-state index contributed by atoms with van der Waals surface area (Å²) in [7, 11) is 0. The number of carbonyl (C=O) groups is 1. The van der Waals surface area contributed by atoms with E-state index in [1.165, 1.54) is 0 Å². The largest absolute Gasteiger partial charge is 0.412 e. The quantitative estimate of drug-likeness (QED) is 0.859. The van der Waals surface area contributed by atoms with Crippen molar-refractivity contribution in [1.82, 2.24) is 10.2 Å². The fourth-order valence-electron chi connectivity index (χ4n) is 2.03. The van der Waals surface area contributed by atoms with Crippen LogP contribution in [0.4, 0.5) is 4.79 Å². The van der Waals surface area contributed by atoms with E-state index in [-0.39, 0.29) is 0 Å². The van der Waals surface area contributed by atoms with Crippen molar-refractivity contribution < 1.29 is 9.53 Å². The first-order chi connectivity index (χ1) is 9.00. The Kier molecular flexibility index (Phi) is 6.36. The Hall–Kier alpha value is -1.55. The third-order valence-electron chi connectivity index (χ3n) is 2.92. The van der Waals surface area contributed by atoms with Crippen molar-refractivity contribution in [1.29, 1.82) is 0 Å². The molecule has 4 nitrogen and oxygen atoms in total. The van der Waals surface area contributed by atoms with Crippen molar-refractivity contribution >= 4 is 6.09 Å². The Morgan fingerprint density at radius 3 is 2.26 bits per heavy atom. The first kappa shape index (κ1) is 15.5. The van der Waals surface area contributed by atoms with Gasteiger partial charge in [-0.05, 0) is 39.8 Å². The number of amides is 1. The predicted octanol–water partition coefficient (Wildman–Crippen LogP) is 2.89. The molecule has 1 N–H and O–H groups in total. The number of ether oxygens (including phenoxy) is 1. The Balaban J connectivity index is 2.31. The smallest absolute Gasteiger partial charge is 0.410 e. The van der Waals surface area contributed by atoms with E-state index in [0.29, 0.717) is 24.4 Å². The topological polar surface area (TPSA) is 41.6 Å². The lowest BCUT2D eigenvalue weighted by Crippen LogP contribution is -2.42. The Labute approximate surface area is 115 Å². The Morgan fingerprint density at radius 2 is 1.74 bits per heavy atom. The van der Waals surface area contributed by atoms with Gasteiger partial charge in [-0.1, -0.05) is 18.2 Å². The molecule has 0 radical (unpaired) electrons. The highest BCUT2D eigenvalue weighted by Gasteiger charge is 2.13. The predicted molar refractivity (Wildman–Crippen MR) is 77.4 cm³/mol. The molecule has 1 aromatic carbocycles. The van der Waals surface area contributed by atoms with Gasteiger partial charge in [-0.15, -0.1) is 0 Å². The molecule has 0 atom stereocenters. The van der Waals surface area contributed by atoms with Gasteiger partial charge in [0.05, 0.1) is 0 Å². The van der Waals surface area contributed by atoms with Crippen molar-refractivity contribution in [3.63, 3.8) is 0 Å². The highest BCUT2D eigenvalue weighted by Crippen LogP contribution is 2.08. The number of hydrogen-bond donors (Lipinski definition) is 1. The standard InChI is InChI=1S/C15H24N2O2/c1-12(2)17(13(3)4)11-10-16-15(18)19-14-8-6-5-7-9-14/h5-9,12-13H,10-11H2,1-4H3,(H,16,18). The third-order valence-corrected chi connectivity index (χ3v) is 2.92. The highest BCUT2D eigenvalue weighted by molar-refractivity contribution is 5.70. The van der Waals surface area contributed by atoms with Crippen molar-refractivity contribution in [2.24, 2.45) is 0 Å². The van der Waals surface area contributed by atoms with Crippen LogP contribution in [-0.4, -0.2) is 36.2 Å². The summed E-state index contributed by atoms with van der Waals surface area (Å²) in [5.41, 5.74) is 0. The van der Waals surface area contributed by atoms with Crippen LogP contribution in [0.2, 0.25) is 0 Å². The van der Waals surface area contributed by atoms with Gasteiger partial charge < -0.3 is 10.1 Å². The van der Waals surface area contributed by atoms with E-state index in [1.807, 2.05) is 18.2 Å². The summed E-state index contributed by atoms with van der Waals surface area (Å²) in [4.78, 5) is 13.9. The summed E-state index contributed by atoms with van der Waals surface area (Å²) < 4.78 is 5.15. The highest BCUT2D eigenvalue weighted by atomic mass is 16.6. The molecule has 0 saturated heterocycles. The minimum atomic E-state index is -0.404. The molecule has 0 heterocycles. The van der Waals surface area contributed by atoms with Crippen LogP contribution in [0.5, 0.6) is 5.75 Å². The van der Waals surface area contributed by atoms with Gasteiger partial charge in [-0.25, -0.2) is 4.79 Å². The van der Waals surface area contributed by atoms with Gasteiger partial charge in [0, 0.05) is 25.2 Å². The van der Waals surface area contributed by atoms with E-state index in [1.54, 1.807) is 12.1 Å². The molecule has 0 aliphatic heterocycles. The molecule has 0 bridgehead atoms. The zero-order chi connectivity index (χ0) is 14.3. The van der Waals surface area contributed by atoms with Gasteiger partial charge in [0.1, 0.15) is 5.75 Å². The van der Waals surface area contributed by atoms with Gasteiger partial charge in [0.25, 0.3) is 0 Å². The van der Waals surface area contributed by atoms with E-state index in [9.17, 15) is 4.79 Å². The monoisotopic (exact) mass is 264 g/mol. The van der Waals surface area contributed by atoms with Crippen molar-refractivity contribution in [3.05, 3.63) is 30.3 Å². The molecule has 0 aromatic heterocycles. The summed E-state index contributed by atoms with van der Waals surface area (Å²) in [6.07, 6.45) is -0.404. The van der Waals surface area contributed by atoms with Crippen molar-refractivity contribution in [3.8, 4) is 5.75 Å². The first-order valence-corrected chi connectivity index (χ1v) is 6.77. The summed E-state index contributed by atoms with van der Waals surface area (Å²) in [6, 6.07) is 10.00. The lowest BCUT2D eigenvalue weighted by Gasteiger charge is -2.30. The fourth-order valence-corrected chi connectivity index (χ4v) is 2.03. The van der Waals surface area contributed by atoms with Crippen LogP contribution in [0.3, 0.4) is 0 Å². The molecule has 0 unspecified atom stereocenters. The van der Waals surface area contributed by atoms with Crippen LogP contribution < -0.4 is 10.1 Å². The lowest BCUT2D eigenvalue weighted by atomic mass is 10.2. The van der Waals surface area contributed by atoms with Crippen LogP contribution in [0.1, 0.15) is 27.7 Å². The summed E-state index contributed by atoms with van der Waals surface area (Å²) >= 11 is 0. The molecule has 0 spiro atoms. The molecule has 19 heavy (non-hydrogen) atoms. The third kappa shape index (κ3) is 5.75. The van der Waals surface area contributed by atoms with E-state index >= 15 is 0 Å². The molecule has 1 aromatic rings. The first-order valence-electron chi connectivity index (χ1n) is 6.77. The van der Waals surface area contributed by atoms with Crippen LogP contribution in [0.15, 0.2) is 30.3 Å². The summed E-state index contributed by atoms with van der Waals surface area (Å²) in [5.74, 6) is 0.560. The maximum Gasteiger partial charge on any atom is 0.412 e. The van der Waals surface area contributed by atoms with Crippen LogP contribution >= 0.6 is 0 Å². The molecule has 1 rings (SSSR count). The molecule has 4 heteroatoms. The maximum atomic E-state index is 11.6. The van der Waals surface area contributed by atoms with E-state index < -0.39 is 6.09 Å². The van der Waals surface area contributed by atoms with Gasteiger partial charge in [0.2, 0.25) is 0 Å². The van der Waals surface area contributed by atoms with Crippen molar-refractivity contribution in [2.45, 2.75) is 39.8 Å². The fraction of sp³-hybridized carbons (Fsp3) is 0.533.